The Morgan fingerprint density at radius 3 is 2.53 bits per heavy atom. The molecule has 1 unspecified atom stereocenters. The van der Waals surface area contributed by atoms with Gasteiger partial charge in [0.1, 0.15) is 0 Å². The molecule has 1 aliphatic heterocycles. The quantitative estimate of drug-likeness (QED) is 0.572. The normalized spacial score (nSPS) is 20.1. The van der Waals surface area contributed by atoms with Crippen molar-refractivity contribution < 1.29 is 14.3 Å². The molecular weight excluding hydrogens is 198 g/mol. The zero-order valence-corrected chi connectivity index (χ0v) is 9.00. The number of amides is 3. The van der Waals surface area contributed by atoms with Crippen molar-refractivity contribution in [2.75, 3.05) is 19.8 Å². The molecule has 86 valence electrons. The summed E-state index contributed by atoms with van der Waals surface area (Å²) in [6.07, 6.45) is 0. The van der Waals surface area contributed by atoms with Gasteiger partial charge in [0.05, 0.1) is 19.3 Å². The summed E-state index contributed by atoms with van der Waals surface area (Å²) in [7, 11) is 0. The number of hydrogen-bond acceptors (Lipinski definition) is 4. The topological polar surface area (TPSA) is 93.4 Å². The second-order valence-corrected chi connectivity index (χ2v) is 4.26. The van der Waals surface area contributed by atoms with E-state index in [0.29, 0.717) is 19.8 Å². The van der Waals surface area contributed by atoms with E-state index in [-0.39, 0.29) is 5.41 Å². The van der Waals surface area contributed by atoms with Crippen LogP contribution in [-0.4, -0.2) is 37.7 Å². The maximum Gasteiger partial charge on any atom is 0.318 e. The van der Waals surface area contributed by atoms with Gasteiger partial charge in [0.15, 0.2) is 0 Å². The van der Waals surface area contributed by atoms with E-state index in [1.54, 1.807) is 6.92 Å². The zero-order valence-electron chi connectivity index (χ0n) is 9.00. The third kappa shape index (κ3) is 3.49. The van der Waals surface area contributed by atoms with E-state index in [1.165, 1.54) is 0 Å². The second-order valence-electron chi connectivity index (χ2n) is 4.26. The van der Waals surface area contributed by atoms with Crippen molar-refractivity contribution in [3.63, 3.8) is 0 Å². The molecule has 1 rings (SSSR count). The van der Waals surface area contributed by atoms with Crippen LogP contribution in [0.25, 0.3) is 0 Å². The number of nitrogens with two attached hydrogens (primary N) is 1. The number of ether oxygens (including phenoxy) is 1. The highest BCUT2D eigenvalue weighted by Crippen LogP contribution is 2.25. The van der Waals surface area contributed by atoms with Crippen LogP contribution in [0.4, 0.5) is 4.79 Å². The van der Waals surface area contributed by atoms with Crippen LogP contribution in [-0.2, 0) is 9.53 Å². The highest BCUT2D eigenvalue weighted by Gasteiger charge is 2.33. The number of primary amides is 1. The number of rotatable bonds is 4. The fourth-order valence-corrected chi connectivity index (χ4v) is 1.27. The SMILES string of the molecule is CC(NCC1(C)COC1)C(=O)NC(N)=O. The van der Waals surface area contributed by atoms with Crippen molar-refractivity contribution in [3.05, 3.63) is 0 Å². The number of carbonyl (C=O) groups is 2. The third-order valence-electron chi connectivity index (χ3n) is 2.38. The molecule has 1 atom stereocenters. The summed E-state index contributed by atoms with van der Waals surface area (Å²) in [6, 6.07) is -1.26. The number of urea groups is 1. The summed E-state index contributed by atoms with van der Waals surface area (Å²) < 4.78 is 5.08. The molecule has 0 spiro atoms. The maximum absolute atomic E-state index is 11.3. The minimum Gasteiger partial charge on any atom is -0.380 e. The lowest BCUT2D eigenvalue weighted by Gasteiger charge is -2.38. The van der Waals surface area contributed by atoms with Crippen LogP contribution in [0.3, 0.4) is 0 Å². The molecule has 6 nitrogen and oxygen atoms in total. The first-order valence-corrected chi connectivity index (χ1v) is 4.84. The highest BCUT2D eigenvalue weighted by atomic mass is 16.5. The number of carbonyl (C=O) groups excluding carboxylic acids is 2. The van der Waals surface area contributed by atoms with Crippen molar-refractivity contribution in [3.8, 4) is 0 Å². The van der Waals surface area contributed by atoms with Crippen LogP contribution in [0, 0.1) is 5.41 Å². The van der Waals surface area contributed by atoms with Crippen molar-refractivity contribution in [2.24, 2.45) is 11.1 Å². The number of imide groups is 1. The van der Waals surface area contributed by atoms with Crippen LogP contribution >= 0.6 is 0 Å². The van der Waals surface area contributed by atoms with Gasteiger partial charge in [-0.2, -0.15) is 0 Å². The van der Waals surface area contributed by atoms with E-state index in [0.717, 1.165) is 0 Å². The molecule has 1 heterocycles. The van der Waals surface area contributed by atoms with Crippen LogP contribution in [0.1, 0.15) is 13.8 Å². The monoisotopic (exact) mass is 215 g/mol. The van der Waals surface area contributed by atoms with Crippen molar-refractivity contribution in [1.29, 1.82) is 0 Å². The second kappa shape index (κ2) is 4.59. The Bertz CT molecular complexity index is 263. The van der Waals surface area contributed by atoms with Crippen molar-refractivity contribution >= 4 is 11.9 Å². The van der Waals surface area contributed by atoms with Gasteiger partial charge in [0.25, 0.3) is 0 Å². The molecule has 1 fully saturated rings. The van der Waals surface area contributed by atoms with Gasteiger partial charge in [0.2, 0.25) is 5.91 Å². The van der Waals surface area contributed by atoms with E-state index < -0.39 is 18.0 Å². The van der Waals surface area contributed by atoms with Crippen LogP contribution in [0.15, 0.2) is 0 Å². The molecule has 0 saturated carbocycles. The lowest BCUT2D eigenvalue weighted by molar-refractivity contribution is -0.123. The van der Waals surface area contributed by atoms with E-state index in [4.69, 9.17) is 10.5 Å². The van der Waals surface area contributed by atoms with Gasteiger partial charge >= 0.3 is 6.03 Å². The van der Waals surface area contributed by atoms with E-state index >= 15 is 0 Å². The lowest BCUT2D eigenvalue weighted by atomic mass is 9.88. The molecule has 0 aromatic carbocycles. The third-order valence-corrected chi connectivity index (χ3v) is 2.38. The van der Waals surface area contributed by atoms with E-state index in [2.05, 4.69) is 12.2 Å². The Morgan fingerprint density at radius 1 is 1.53 bits per heavy atom. The van der Waals surface area contributed by atoms with E-state index in [1.807, 2.05) is 5.32 Å². The van der Waals surface area contributed by atoms with Gasteiger partial charge < -0.3 is 15.8 Å². The highest BCUT2D eigenvalue weighted by molar-refractivity contribution is 5.96. The van der Waals surface area contributed by atoms with Gasteiger partial charge in [-0.1, -0.05) is 6.92 Å². The number of hydrogen-bond donors (Lipinski definition) is 3. The van der Waals surface area contributed by atoms with Gasteiger partial charge in [-0.05, 0) is 6.92 Å². The number of nitrogens with one attached hydrogen (secondary N) is 2. The Hall–Kier alpha value is -1.14. The molecular formula is C9H17N3O3. The fourth-order valence-electron chi connectivity index (χ4n) is 1.27. The minimum atomic E-state index is -0.827. The molecule has 3 amide bonds. The molecule has 0 bridgehead atoms. The first kappa shape index (κ1) is 11.9. The standard InChI is InChI=1S/C9H17N3O3/c1-6(7(13)12-8(10)14)11-3-9(2)4-15-5-9/h6,11H,3-5H2,1-2H3,(H3,10,12,13,14). The first-order chi connectivity index (χ1) is 6.93. The Morgan fingerprint density at radius 2 is 2.13 bits per heavy atom. The molecule has 6 heteroatoms. The molecule has 0 aromatic rings. The summed E-state index contributed by atoms with van der Waals surface area (Å²) in [4.78, 5) is 21.7. The van der Waals surface area contributed by atoms with E-state index in [9.17, 15) is 9.59 Å². The average molecular weight is 215 g/mol. The summed E-state index contributed by atoms with van der Waals surface area (Å²) in [5.41, 5.74) is 4.93. The summed E-state index contributed by atoms with van der Waals surface area (Å²) in [5, 5.41) is 5.05. The molecule has 15 heavy (non-hydrogen) atoms. The van der Waals surface area contributed by atoms with Crippen LogP contribution in [0.5, 0.6) is 0 Å². The molecule has 1 aliphatic rings. The molecule has 0 aromatic heterocycles. The Balaban J connectivity index is 2.25. The predicted molar refractivity (Wildman–Crippen MR) is 54.1 cm³/mol. The van der Waals surface area contributed by atoms with Gasteiger partial charge in [0, 0.05) is 12.0 Å². The van der Waals surface area contributed by atoms with Gasteiger partial charge in [-0.25, -0.2) is 4.79 Å². The molecule has 0 aliphatic carbocycles. The summed E-state index contributed by atoms with van der Waals surface area (Å²) >= 11 is 0. The smallest absolute Gasteiger partial charge is 0.318 e. The largest absolute Gasteiger partial charge is 0.380 e. The van der Waals surface area contributed by atoms with Gasteiger partial charge in [-0.15, -0.1) is 0 Å². The maximum atomic E-state index is 11.3. The molecule has 1 saturated heterocycles. The molecule has 0 radical (unpaired) electrons. The van der Waals surface area contributed by atoms with Crippen molar-refractivity contribution in [2.45, 2.75) is 19.9 Å². The average Bonchev–Trinajstić information content (AvgIpc) is 2.10. The van der Waals surface area contributed by atoms with Crippen LogP contribution in [0.2, 0.25) is 0 Å². The zero-order chi connectivity index (χ0) is 11.5. The molecule has 4 N–H and O–H groups in total. The first-order valence-electron chi connectivity index (χ1n) is 4.84. The van der Waals surface area contributed by atoms with Crippen LogP contribution < -0.4 is 16.4 Å². The summed E-state index contributed by atoms with van der Waals surface area (Å²) in [6.45, 7) is 5.83. The van der Waals surface area contributed by atoms with Crippen molar-refractivity contribution in [1.82, 2.24) is 10.6 Å². The minimum absolute atomic E-state index is 0.0985. The predicted octanol–water partition coefficient (Wildman–Crippen LogP) is -0.804. The summed E-state index contributed by atoms with van der Waals surface area (Å²) in [5.74, 6) is -0.411. The van der Waals surface area contributed by atoms with Gasteiger partial charge in [-0.3, -0.25) is 10.1 Å². The lowest BCUT2D eigenvalue weighted by Crippen LogP contribution is -2.53. The fraction of sp³-hybridized carbons (Fsp3) is 0.778. The Labute approximate surface area is 88.5 Å². The Kier molecular flexibility index (Phi) is 3.65.